The zero-order valence-electron chi connectivity index (χ0n) is 14.8. The lowest BCUT2D eigenvalue weighted by atomic mass is 10.0. The maximum atomic E-state index is 13.6. The van der Waals surface area contributed by atoms with Crippen LogP contribution in [0.4, 0.5) is 4.39 Å². The topological polar surface area (TPSA) is 62.7 Å². The Bertz CT molecular complexity index is 839. The van der Waals surface area contributed by atoms with E-state index in [1.165, 1.54) is 6.07 Å². The van der Waals surface area contributed by atoms with E-state index in [0.29, 0.717) is 26.2 Å². The Balaban J connectivity index is 1.28. The molecule has 7 heteroatoms. The summed E-state index contributed by atoms with van der Waals surface area (Å²) >= 11 is 0. The number of likely N-dealkylation sites (tertiary alicyclic amines) is 2. The standard InChI is InChI=1S/C20H20FN3O3/c21-17-6-1-2-7-18(17)27-16-12-24(13-16)20(26)14-9-19(25)23(10-14)11-15-5-3-4-8-22-15/h1-8,14,16H,9-13H2/t14-/m1/s1. The van der Waals surface area contributed by atoms with Crippen molar-refractivity contribution in [2.45, 2.75) is 19.1 Å². The van der Waals surface area contributed by atoms with E-state index in [1.807, 2.05) is 18.2 Å². The lowest BCUT2D eigenvalue weighted by Gasteiger charge is -2.40. The number of aromatic nitrogens is 1. The van der Waals surface area contributed by atoms with Crippen molar-refractivity contribution >= 4 is 11.8 Å². The largest absolute Gasteiger partial charge is 0.484 e. The van der Waals surface area contributed by atoms with E-state index >= 15 is 0 Å². The molecule has 2 amide bonds. The van der Waals surface area contributed by atoms with E-state index in [1.54, 1.807) is 34.2 Å². The summed E-state index contributed by atoms with van der Waals surface area (Å²) in [6.45, 7) is 1.66. The highest BCUT2D eigenvalue weighted by Crippen LogP contribution is 2.26. The van der Waals surface area contributed by atoms with Gasteiger partial charge in [0.2, 0.25) is 11.8 Å². The van der Waals surface area contributed by atoms with Crippen LogP contribution >= 0.6 is 0 Å². The molecule has 0 saturated carbocycles. The van der Waals surface area contributed by atoms with Crippen molar-refractivity contribution < 1.29 is 18.7 Å². The summed E-state index contributed by atoms with van der Waals surface area (Å²) in [4.78, 5) is 32.4. The van der Waals surface area contributed by atoms with Gasteiger partial charge in [-0.3, -0.25) is 14.6 Å². The molecule has 27 heavy (non-hydrogen) atoms. The average molecular weight is 369 g/mol. The summed E-state index contributed by atoms with van der Waals surface area (Å²) in [6, 6.07) is 11.8. The SMILES string of the molecule is O=C1C[C@@H](C(=O)N2CC(Oc3ccccc3F)C2)CN1Cc1ccccn1. The van der Waals surface area contributed by atoms with Crippen LogP contribution in [-0.4, -0.2) is 52.3 Å². The summed E-state index contributed by atoms with van der Waals surface area (Å²) in [5.74, 6) is -0.615. The third-order valence-corrected chi connectivity index (χ3v) is 4.93. The Morgan fingerprint density at radius 1 is 1.15 bits per heavy atom. The number of hydrogen-bond donors (Lipinski definition) is 0. The van der Waals surface area contributed by atoms with Crippen molar-refractivity contribution in [3.05, 3.63) is 60.2 Å². The lowest BCUT2D eigenvalue weighted by Crippen LogP contribution is -2.57. The van der Waals surface area contributed by atoms with Gasteiger partial charge in [-0.15, -0.1) is 0 Å². The molecule has 140 valence electrons. The number of halogens is 1. The predicted octanol–water partition coefficient (Wildman–Crippen LogP) is 1.86. The van der Waals surface area contributed by atoms with Crippen molar-refractivity contribution in [2.24, 2.45) is 5.92 Å². The van der Waals surface area contributed by atoms with Crippen LogP contribution in [-0.2, 0) is 16.1 Å². The second-order valence-electron chi connectivity index (χ2n) is 6.91. The highest BCUT2D eigenvalue weighted by atomic mass is 19.1. The molecular weight excluding hydrogens is 349 g/mol. The first-order chi connectivity index (χ1) is 13.1. The highest BCUT2D eigenvalue weighted by Gasteiger charge is 2.41. The smallest absolute Gasteiger partial charge is 0.228 e. The molecule has 2 aliphatic heterocycles. The van der Waals surface area contributed by atoms with Gasteiger partial charge < -0.3 is 14.5 Å². The molecule has 1 aromatic carbocycles. The Labute approximate surface area is 156 Å². The number of carbonyl (C=O) groups is 2. The molecule has 2 fully saturated rings. The minimum Gasteiger partial charge on any atom is -0.484 e. The van der Waals surface area contributed by atoms with Crippen LogP contribution in [0.25, 0.3) is 0 Å². The number of hydrogen-bond acceptors (Lipinski definition) is 4. The Morgan fingerprint density at radius 3 is 2.67 bits per heavy atom. The average Bonchev–Trinajstić information content (AvgIpc) is 3.00. The van der Waals surface area contributed by atoms with E-state index in [-0.39, 0.29) is 36.0 Å². The molecule has 0 N–H and O–H groups in total. The van der Waals surface area contributed by atoms with Crippen molar-refractivity contribution in [3.8, 4) is 5.75 Å². The second-order valence-corrected chi connectivity index (χ2v) is 6.91. The molecule has 0 radical (unpaired) electrons. The lowest BCUT2D eigenvalue weighted by molar-refractivity contribution is -0.144. The van der Waals surface area contributed by atoms with Crippen LogP contribution < -0.4 is 4.74 Å². The summed E-state index contributed by atoms with van der Waals surface area (Å²) < 4.78 is 19.2. The van der Waals surface area contributed by atoms with Crippen molar-refractivity contribution in [1.29, 1.82) is 0 Å². The number of pyridine rings is 1. The van der Waals surface area contributed by atoms with Crippen LogP contribution in [0.2, 0.25) is 0 Å². The number of carbonyl (C=O) groups excluding carboxylic acids is 2. The van der Waals surface area contributed by atoms with Crippen LogP contribution in [0, 0.1) is 11.7 Å². The van der Waals surface area contributed by atoms with Gasteiger partial charge >= 0.3 is 0 Å². The molecule has 0 spiro atoms. The van der Waals surface area contributed by atoms with E-state index in [4.69, 9.17) is 4.74 Å². The van der Waals surface area contributed by atoms with Crippen molar-refractivity contribution in [1.82, 2.24) is 14.8 Å². The third kappa shape index (κ3) is 3.77. The quantitative estimate of drug-likeness (QED) is 0.807. The molecule has 1 atom stereocenters. The van der Waals surface area contributed by atoms with E-state index < -0.39 is 5.82 Å². The number of nitrogens with zero attached hydrogens (tertiary/aromatic N) is 3. The monoisotopic (exact) mass is 369 g/mol. The molecule has 1 aromatic heterocycles. The zero-order chi connectivity index (χ0) is 18.8. The molecule has 0 aliphatic carbocycles. The number of amides is 2. The van der Waals surface area contributed by atoms with Gasteiger partial charge in [0.05, 0.1) is 31.2 Å². The fourth-order valence-corrected chi connectivity index (χ4v) is 3.45. The maximum Gasteiger partial charge on any atom is 0.228 e. The number of ether oxygens (including phenoxy) is 1. The second kappa shape index (κ2) is 7.34. The summed E-state index contributed by atoms with van der Waals surface area (Å²) in [5, 5.41) is 0. The van der Waals surface area contributed by atoms with E-state index in [2.05, 4.69) is 4.98 Å². The Hall–Kier alpha value is -2.96. The molecule has 2 saturated heterocycles. The Kier molecular flexibility index (Phi) is 4.75. The van der Waals surface area contributed by atoms with Gasteiger partial charge in [-0.1, -0.05) is 18.2 Å². The van der Waals surface area contributed by atoms with Crippen molar-refractivity contribution in [3.63, 3.8) is 0 Å². The van der Waals surface area contributed by atoms with Gasteiger partial charge in [-0.2, -0.15) is 0 Å². The first-order valence-electron chi connectivity index (χ1n) is 8.98. The normalized spacial score (nSPS) is 19.9. The van der Waals surface area contributed by atoms with Crippen LogP contribution in [0.1, 0.15) is 12.1 Å². The minimum absolute atomic E-state index is 0.0290. The number of benzene rings is 1. The molecule has 2 aromatic rings. The molecule has 0 bridgehead atoms. The molecular formula is C20H20FN3O3. The van der Waals surface area contributed by atoms with Gasteiger partial charge in [-0.05, 0) is 24.3 Å². The van der Waals surface area contributed by atoms with E-state index in [0.717, 1.165) is 5.69 Å². The van der Waals surface area contributed by atoms with Crippen molar-refractivity contribution in [2.75, 3.05) is 19.6 Å². The third-order valence-electron chi connectivity index (χ3n) is 4.93. The van der Waals surface area contributed by atoms with Crippen LogP contribution in [0.3, 0.4) is 0 Å². The highest BCUT2D eigenvalue weighted by molar-refractivity contribution is 5.89. The summed E-state index contributed by atoms with van der Waals surface area (Å²) in [5.41, 5.74) is 0.807. The molecule has 6 nitrogen and oxygen atoms in total. The van der Waals surface area contributed by atoms with Gasteiger partial charge in [0.15, 0.2) is 11.6 Å². The number of para-hydroxylation sites is 1. The van der Waals surface area contributed by atoms with E-state index in [9.17, 15) is 14.0 Å². The van der Waals surface area contributed by atoms with Crippen LogP contribution in [0.15, 0.2) is 48.7 Å². The summed E-state index contributed by atoms with van der Waals surface area (Å²) in [7, 11) is 0. The fraction of sp³-hybridized carbons (Fsp3) is 0.350. The predicted molar refractivity (Wildman–Crippen MR) is 95.2 cm³/mol. The van der Waals surface area contributed by atoms with Crippen LogP contribution in [0.5, 0.6) is 5.75 Å². The van der Waals surface area contributed by atoms with Gasteiger partial charge in [0.1, 0.15) is 6.10 Å². The maximum absolute atomic E-state index is 13.6. The molecule has 3 heterocycles. The van der Waals surface area contributed by atoms with Gasteiger partial charge in [-0.25, -0.2) is 4.39 Å². The fourth-order valence-electron chi connectivity index (χ4n) is 3.45. The van der Waals surface area contributed by atoms with Gasteiger partial charge in [0, 0.05) is 19.2 Å². The van der Waals surface area contributed by atoms with Gasteiger partial charge in [0.25, 0.3) is 0 Å². The summed E-state index contributed by atoms with van der Waals surface area (Å²) in [6.07, 6.45) is 1.70. The first-order valence-corrected chi connectivity index (χ1v) is 8.98. The molecule has 0 unspecified atom stereocenters. The zero-order valence-corrected chi connectivity index (χ0v) is 14.8. The molecule has 4 rings (SSSR count). The minimum atomic E-state index is -0.408. The Morgan fingerprint density at radius 2 is 1.93 bits per heavy atom. The first kappa shape index (κ1) is 17.5. The molecule has 2 aliphatic rings. The number of rotatable bonds is 5.